The molecule has 0 bridgehead atoms. The molecule has 0 aliphatic rings. The number of nitrogens with zero attached hydrogens (tertiary/aromatic N) is 5. The van der Waals surface area contributed by atoms with E-state index in [0.717, 1.165) is 48.7 Å². The molecule has 0 aliphatic carbocycles. The zero-order valence-corrected chi connectivity index (χ0v) is 17.2. The molecule has 3 aromatic heterocycles. The summed E-state index contributed by atoms with van der Waals surface area (Å²) in [5.74, 6) is 0.711. The summed E-state index contributed by atoms with van der Waals surface area (Å²) in [7, 11) is 0. The van der Waals surface area contributed by atoms with Crippen molar-refractivity contribution in [2.75, 3.05) is 6.54 Å². The largest absolute Gasteiger partial charge is 0.337 e. The van der Waals surface area contributed by atoms with E-state index in [1.54, 1.807) is 18.3 Å². The fourth-order valence-corrected chi connectivity index (χ4v) is 3.60. The number of benzene rings is 1. The fraction of sp³-hybridized carbons (Fsp3) is 0.250. The molecule has 0 saturated heterocycles. The second kappa shape index (κ2) is 9.50. The van der Waals surface area contributed by atoms with Crippen molar-refractivity contribution in [2.45, 2.75) is 33.0 Å². The third-order valence-electron chi connectivity index (χ3n) is 5.11. The molecule has 3 heterocycles. The first-order valence-electron chi connectivity index (χ1n) is 10.2. The third kappa shape index (κ3) is 5.21. The average Bonchev–Trinajstić information content (AvgIpc) is 3.41. The highest BCUT2D eigenvalue weighted by Crippen LogP contribution is 2.16. The Hall–Kier alpha value is -3.25. The van der Waals surface area contributed by atoms with Crippen molar-refractivity contribution in [1.29, 1.82) is 0 Å². The molecule has 0 fully saturated rings. The predicted octanol–water partition coefficient (Wildman–Crippen LogP) is 4.61. The van der Waals surface area contributed by atoms with Crippen LogP contribution in [-0.2, 0) is 19.6 Å². The van der Waals surface area contributed by atoms with Crippen LogP contribution in [0.15, 0.2) is 79.6 Å². The predicted molar refractivity (Wildman–Crippen MR) is 116 cm³/mol. The lowest BCUT2D eigenvalue weighted by atomic mass is 10.2. The second-order valence-corrected chi connectivity index (χ2v) is 7.56. The van der Waals surface area contributed by atoms with E-state index in [2.05, 4.69) is 36.1 Å². The van der Waals surface area contributed by atoms with Crippen molar-refractivity contribution in [1.82, 2.24) is 24.0 Å². The van der Waals surface area contributed by atoms with Gasteiger partial charge in [-0.05, 0) is 54.8 Å². The maximum Gasteiger partial charge on any atom is 0.136 e. The summed E-state index contributed by atoms with van der Waals surface area (Å²) < 4.78 is 17.9. The van der Waals surface area contributed by atoms with Crippen LogP contribution in [0.4, 0.5) is 4.39 Å². The van der Waals surface area contributed by atoms with Crippen molar-refractivity contribution in [3.63, 3.8) is 0 Å². The summed E-state index contributed by atoms with van der Waals surface area (Å²) >= 11 is 0. The summed E-state index contributed by atoms with van der Waals surface area (Å²) in [4.78, 5) is 11.0. The Kier molecular flexibility index (Phi) is 6.35. The number of hydrogen-bond donors (Lipinski definition) is 0. The Morgan fingerprint density at radius 1 is 1.03 bits per heavy atom. The molecule has 154 valence electrons. The molecule has 0 amide bonds. The minimum atomic E-state index is -0.196. The van der Waals surface area contributed by atoms with E-state index in [0.29, 0.717) is 6.54 Å². The van der Waals surface area contributed by atoms with Crippen molar-refractivity contribution >= 4 is 0 Å². The zero-order chi connectivity index (χ0) is 20.8. The summed E-state index contributed by atoms with van der Waals surface area (Å²) in [6, 6.07) is 15.1. The van der Waals surface area contributed by atoms with Gasteiger partial charge in [0.25, 0.3) is 0 Å². The van der Waals surface area contributed by atoms with Gasteiger partial charge in [-0.1, -0.05) is 18.2 Å². The zero-order valence-electron chi connectivity index (χ0n) is 17.2. The van der Waals surface area contributed by atoms with Gasteiger partial charge in [-0.15, -0.1) is 0 Å². The average molecular weight is 404 g/mol. The van der Waals surface area contributed by atoms with E-state index >= 15 is 0 Å². The first-order valence-corrected chi connectivity index (χ1v) is 10.2. The van der Waals surface area contributed by atoms with Gasteiger partial charge in [0.05, 0.1) is 6.33 Å². The lowest BCUT2D eigenvalue weighted by Crippen LogP contribution is -2.26. The van der Waals surface area contributed by atoms with Crippen LogP contribution in [0.25, 0.3) is 5.82 Å². The van der Waals surface area contributed by atoms with Gasteiger partial charge in [-0.3, -0.25) is 4.90 Å². The molecule has 4 rings (SSSR count). The van der Waals surface area contributed by atoms with E-state index in [1.807, 2.05) is 50.0 Å². The summed E-state index contributed by atoms with van der Waals surface area (Å²) in [6.45, 7) is 5.27. The molecular weight excluding hydrogens is 377 g/mol. The van der Waals surface area contributed by atoms with E-state index in [9.17, 15) is 4.39 Å². The van der Waals surface area contributed by atoms with E-state index in [1.165, 1.54) is 6.07 Å². The quantitative estimate of drug-likeness (QED) is 0.410. The van der Waals surface area contributed by atoms with Crippen LogP contribution in [0.5, 0.6) is 0 Å². The third-order valence-corrected chi connectivity index (χ3v) is 5.11. The number of imidazole rings is 1. The van der Waals surface area contributed by atoms with Gasteiger partial charge in [0, 0.05) is 56.7 Å². The highest BCUT2D eigenvalue weighted by molar-refractivity contribution is 5.29. The van der Waals surface area contributed by atoms with Crippen molar-refractivity contribution in [2.24, 2.45) is 0 Å². The molecule has 0 N–H and O–H groups in total. The topological polar surface area (TPSA) is 38.9 Å². The van der Waals surface area contributed by atoms with Gasteiger partial charge in [0.2, 0.25) is 0 Å². The molecule has 0 atom stereocenters. The van der Waals surface area contributed by atoms with E-state index in [4.69, 9.17) is 0 Å². The lowest BCUT2D eigenvalue weighted by molar-refractivity contribution is 0.244. The highest BCUT2D eigenvalue weighted by Gasteiger charge is 2.12. The summed E-state index contributed by atoms with van der Waals surface area (Å²) in [6.07, 6.45) is 10.5. The van der Waals surface area contributed by atoms with Crippen LogP contribution in [0.3, 0.4) is 0 Å². The van der Waals surface area contributed by atoms with Crippen molar-refractivity contribution in [3.05, 3.63) is 102 Å². The number of aromatic nitrogens is 4. The van der Waals surface area contributed by atoms with Crippen LogP contribution in [0.1, 0.15) is 23.2 Å². The number of rotatable bonds is 9. The number of halogens is 1. The van der Waals surface area contributed by atoms with Gasteiger partial charge >= 0.3 is 0 Å². The molecule has 0 aliphatic heterocycles. The molecule has 0 unspecified atom stereocenters. The SMILES string of the molecule is Cc1ccc(-n2cccc2CN(CCCn2ccnc2)Cc2cccc(F)c2)nc1. The number of aryl methyl sites for hydroxylation is 2. The molecule has 6 heteroatoms. The minimum Gasteiger partial charge on any atom is -0.337 e. The number of hydrogen-bond acceptors (Lipinski definition) is 3. The Bertz CT molecular complexity index is 1050. The van der Waals surface area contributed by atoms with Crippen molar-refractivity contribution in [3.8, 4) is 5.82 Å². The Labute approximate surface area is 176 Å². The van der Waals surface area contributed by atoms with Crippen LogP contribution in [0.2, 0.25) is 0 Å². The van der Waals surface area contributed by atoms with Crippen LogP contribution >= 0.6 is 0 Å². The molecule has 30 heavy (non-hydrogen) atoms. The maximum atomic E-state index is 13.7. The highest BCUT2D eigenvalue weighted by atomic mass is 19.1. The first-order chi connectivity index (χ1) is 14.7. The normalized spacial score (nSPS) is 11.3. The molecule has 1 aromatic carbocycles. The lowest BCUT2D eigenvalue weighted by Gasteiger charge is -2.23. The smallest absolute Gasteiger partial charge is 0.136 e. The van der Waals surface area contributed by atoms with Gasteiger partial charge in [0.15, 0.2) is 0 Å². The standard InChI is InChI=1S/C24H26FN5/c1-20-8-9-24(27-16-20)30-13-3-7-23(30)18-29(12-4-11-28-14-10-26-19-28)17-21-5-2-6-22(25)15-21/h2-3,5-10,13-16,19H,4,11-12,17-18H2,1H3. The molecule has 5 nitrogen and oxygen atoms in total. The molecule has 0 spiro atoms. The minimum absolute atomic E-state index is 0.196. The van der Waals surface area contributed by atoms with Gasteiger partial charge < -0.3 is 9.13 Å². The van der Waals surface area contributed by atoms with Gasteiger partial charge in [-0.25, -0.2) is 14.4 Å². The van der Waals surface area contributed by atoms with Crippen LogP contribution in [-0.4, -0.2) is 30.5 Å². The first kappa shape index (κ1) is 20.0. The van der Waals surface area contributed by atoms with E-state index < -0.39 is 0 Å². The summed E-state index contributed by atoms with van der Waals surface area (Å²) in [5.41, 5.74) is 3.27. The monoisotopic (exact) mass is 403 g/mol. The molecular formula is C24H26FN5. The van der Waals surface area contributed by atoms with Gasteiger partial charge in [0.1, 0.15) is 11.6 Å². The van der Waals surface area contributed by atoms with Crippen LogP contribution < -0.4 is 0 Å². The Balaban J connectivity index is 1.50. The second-order valence-electron chi connectivity index (χ2n) is 7.56. The fourth-order valence-electron chi connectivity index (χ4n) is 3.60. The maximum absolute atomic E-state index is 13.7. The Morgan fingerprint density at radius 3 is 2.73 bits per heavy atom. The molecule has 0 saturated carbocycles. The summed E-state index contributed by atoms with van der Waals surface area (Å²) in [5, 5.41) is 0. The van der Waals surface area contributed by atoms with E-state index in [-0.39, 0.29) is 5.82 Å². The molecule has 0 radical (unpaired) electrons. The molecule has 4 aromatic rings. The Morgan fingerprint density at radius 2 is 1.97 bits per heavy atom. The van der Waals surface area contributed by atoms with Gasteiger partial charge in [-0.2, -0.15) is 0 Å². The van der Waals surface area contributed by atoms with Crippen LogP contribution in [0, 0.1) is 12.7 Å². The number of pyridine rings is 1. The van der Waals surface area contributed by atoms with Crippen molar-refractivity contribution < 1.29 is 4.39 Å².